The Kier molecular flexibility index (Phi) is 10.2. The highest BCUT2D eigenvalue weighted by molar-refractivity contribution is 5.94. The standard InChI is InChI=1S/C22H34N6O7/c1-12(2)8-16(27-19(31)14(23)9-13-10-24-11-25-13)20(32)26-15(5-6-18(29)30)21(33)28-7-3-4-17(28)22(34)35/h10-12,14-17H,3-9,23H2,1-2H3,(H,24,25)(H,26,32)(H,27,31)(H,29,30)(H,34,35). The van der Waals surface area contributed by atoms with E-state index in [0.29, 0.717) is 12.1 Å². The number of carboxylic acids is 2. The second kappa shape index (κ2) is 12.8. The monoisotopic (exact) mass is 494 g/mol. The van der Waals surface area contributed by atoms with E-state index in [-0.39, 0.29) is 38.1 Å². The molecule has 4 atom stereocenters. The van der Waals surface area contributed by atoms with Crippen molar-refractivity contribution in [1.82, 2.24) is 25.5 Å². The van der Waals surface area contributed by atoms with Gasteiger partial charge in [0.1, 0.15) is 18.1 Å². The number of nitrogens with two attached hydrogens (primary N) is 1. The Bertz CT molecular complexity index is 904. The summed E-state index contributed by atoms with van der Waals surface area (Å²) >= 11 is 0. The topological polar surface area (TPSA) is 208 Å². The lowest BCUT2D eigenvalue weighted by Crippen LogP contribution is -2.57. The normalized spacial score (nSPS) is 18.1. The van der Waals surface area contributed by atoms with E-state index in [1.807, 2.05) is 13.8 Å². The molecule has 0 spiro atoms. The van der Waals surface area contributed by atoms with Crippen molar-refractivity contribution in [3.63, 3.8) is 0 Å². The Hall–Kier alpha value is -3.48. The molecule has 7 N–H and O–H groups in total. The number of aromatic nitrogens is 2. The lowest BCUT2D eigenvalue weighted by Gasteiger charge is -2.29. The van der Waals surface area contributed by atoms with Gasteiger partial charge in [0.05, 0.1) is 12.4 Å². The summed E-state index contributed by atoms with van der Waals surface area (Å²) in [5, 5.41) is 23.7. The predicted molar refractivity (Wildman–Crippen MR) is 123 cm³/mol. The number of rotatable bonds is 13. The number of nitrogens with zero attached hydrogens (tertiary/aromatic N) is 2. The van der Waals surface area contributed by atoms with Crippen LogP contribution in [0, 0.1) is 5.92 Å². The molecule has 1 saturated heterocycles. The first-order chi connectivity index (χ1) is 16.5. The van der Waals surface area contributed by atoms with Crippen LogP contribution in [0.1, 0.15) is 51.6 Å². The van der Waals surface area contributed by atoms with Gasteiger partial charge in [0, 0.05) is 31.3 Å². The quantitative estimate of drug-likeness (QED) is 0.203. The molecular formula is C22H34N6O7. The first-order valence-corrected chi connectivity index (χ1v) is 11.6. The Balaban J connectivity index is 2.13. The van der Waals surface area contributed by atoms with Crippen molar-refractivity contribution in [2.45, 2.75) is 76.5 Å². The van der Waals surface area contributed by atoms with Crippen LogP contribution in [-0.2, 0) is 30.4 Å². The minimum absolute atomic E-state index is 0.00183. The third-order valence-electron chi connectivity index (χ3n) is 5.75. The molecule has 35 heavy (non-hydrogen) atoms. The molecule has 0 radical (unpaired) electrons. The third kappa shape index (κ3) is 8.35. The Morgan fingerprint density at radius 3 is 2.43 bits per heavy atom. The van der Waals surface area contributed by atoms with Gasteiger partial charge in [-0.05, 0) is 31.6 Å². The molecule has 13 heteroatoms. The number of aliphatic carboxylic acids is 2. The van der Waals surface area contributed by atoms with Crippen LogP contribution in [0.15, 0.2) is 12.5 Å². The van der Waals surface area contributed by atoms with E-state index in [2.05, 4.69) is 20.6 Å². The Labute approximate surface area is 202 Å². The van der Waals surface area contributed by atoms with Crippen LogP contribution in [-0.4, -0.2) is 85.5 Å². The third-order valence-corrected chi connectivity index (χ3v) is 5.75. The Morgan fingerprint density at radius 2 is 1.86 bits per heavy atom. The molecule has 2 heterocycles. The average Bonchev–Trinajstić information content (AvgIpc) is 3.47. The molecule has 0 bridgehead atoms. The van der Waals surface area contributed by atoms with Gasteiger partial charge in [-0.3, -0.25) is 19.2 Å². The summed E-state index contributed by atoms with van der Waals surface area (Å²) < 4.78 is 0. The molecule has 1 fully saturated rings. The zero-order valence-corrected chi connectivity index (χ0v) is 19.9. The van der Waals surface area contributed by atoms with Crippen molar-refractivity contribution in [1.29, 1.82) is 0 Å². The van der Waals surface area contributed by atoms with Gasteiger partial charge in [0.15, 0.2) is 0 Å². The number of imidazole rings is 1. The summed E-state index contributed by atoms with van der Waals surface area (Å²) in [7, 11) is 0. The maximum atomic E-state index is 13.1. The highest BCUT2D eigenvalue weighted by atomic mass is 16.4. The van der Waals surface area contributed by atoms with Crippen molar-refractivity contribution >= 4 is 29.7 Å². The highest BCUT2D eigenvalue weighted by Gasteiger charge is 2.38. The van der Waals surface area contributed by atoms with Crippen LogP contribution < -0.4 is 16.4 Å². The maximum absolute atomic E-state index is 13.1. The molecule has 3 amide bonds. The minimum atomic E-state index is -1.25. The van der Waals surface area contributed by atoms with Gasteiger partial charge in [-0.15, -0.1) is 0 Å². The molecule has 4 unspecified atom stereocenters. The fourth-order valence-electron chi connectivity index (χ4n) is 3.99. The number of aromatic amines is 1. The smallest absolute Gasteiger partial charge is 0.326 e. The number of H-pyrrole nitrogens is 1. The van der Waals surface area contributed by atoms with Crippen LogP contribution >= 0.6 is 0 Å². The molecule has 1 aromatic heterocycles. The number of hydrogen-bond donors (Lipinski definition) is 6. The van der Waals surface area contributed by atoms with Crippen molar-refractivity contribution in [2.75, 3.05) is 6.54 Å². The van der Waals surface area contributed by atoms with Crippen molar-refractivity contribution < 1.29 is 34.2 Å². The number of hydrogen-bond acceptors (Lipinski definition) is 7. The van der Waals surface area contributed by atoms with Gasteiger partial charge in [-0.2, -0.15) is 0 Å². The lowest BCUT2D eigenvalue weighted by molar-refractivity contribution is -0.150. The van der Waals surface area contributed by atoms with Crippen LogP contribution in [0.3, 0.4) is 0 Å². The summed E-state index contributed by atoms with van der Waals surface area (Å²) in [5.41, 5.74) is 6.62. The van der Waals surface area contributed by atoms with Crippen molar-refractivity contribution in [3.8, 4) is 0 Å². The summed E-state index contributed by atoms with van der Waals surface area (Å²) in [4.78, 5) is 69.4. The molecular weight excluding hydrogens is 460 g/mol. The molecule has 194 valence electrons. The van der Waals surface area contributed by atoms with E-state index in [4.69, 9.17) is 10.8 Å². The SMILES string of the molecule is CC(C)CC(NC(=O)C(N)Cc1cnc[nH]1)C(=O)NC(CCC(=O)O)C(=O)N1CCCC1C(=O)O. The van der Waals surface area contributed by atoms with E-state index >= 15 is 0 Å². The number of likely N-dealkylation sites (tertiary alicyclic amines) is 1. The fraction of sp³-hybridized carbons (Fsp3) is 0.636. The second-order valence-corrected chi connectivity index (χ2v) is 9.10. The van der Waals surface area contributed by atoms with Crippen LogP contribution in [0.4, 0.5) is 0 Å². The van der Waals surface area contributed by atoms with Crippen molar-refractivity contribution in [3.05, 3.63) is 18.2 Å². The van der Waals surface area contributed by atoms with Crippen LogP contribution in [0.5, 0.6) is 0 Å². The molecule has 0 saturated carbocycles. The summed E-state index contributed by atoms with van der Waals surface area (Å²) in [5.74, 6) is -4.22. The van der Waals surface area contributed by atoms with Gasteiger partial charge in [-0.25, -0.2) is 9.78 Å². The number of nitrogens with one attached hydrogen (secondary N) is 3. The summed E-state index contributed by atoms with van der Waals surface area (Å²) in [6.07, 6.45) is 3.56. The maximum Gasteiger partial charge on any atom is 0.326 e. The average molecular weight is 495 g/mol. The first kappa shape index (κ1) is 27.8. The van der Waals surface area contributed by atoms with Gasteiger partial charge in [-0.1, -0.05) is 13.8 Å². The number of carbonyl (C=O) groups excluding carboxylic acids is 3. The summed E-state index contributed by atoms with van der Waals surface area (Å²) in [6, 6.07) is -4.25. The van der Waals surface area contributed by atoms with Gasteiger partial charge < -0.3 is 36.5 Å². The van der Waals surface area contributed by atoms with E-state index in [1.165, 1.54) is 12.5 Å². The number of amides is 3. The lowest BCUT2D eigenvalue weighted by atomic mass is 10.0. The van der Waals surface area contributed by atoms with Gasteiger partial charge >= 0.3 is 11.9 Å². The van der Waals surface area contributed by atoms with E-state index in [0.717, 1.165) is 4.90 Å². The zero-order chi connectivity index (χ0) is 26.1. The van der Waals surface area contributed by atoms with Gasteiger partial charge in [0.25, 0.3) is 0 Å². The minimum Gasteiger partial charge on any atom is -0.481 e. The molecule has 2 rings (SSSR count). The second-order valence-electron chi connectivity index (χ2n) is 9.10. The fourth-order valence-corrected chi connectivity index (χ4v) is 3.99. The van der Waals surface area contributed by atoms with Crippen LogP contribution in [0.25, 0.3) is 0 Å². The number of carbonyl (C=O) groups is 5. The highest BCUT2D eigenvalue weighted by Crippen LogP contribution is 2.20. The van der Waals surface area contributed by atoms with Gasteiger partial charge in [0.2, 0.25) is 17.7 Å². The largest absolute Gasteiger partial charge is 0.481 e. The van der Waals surface area contributed by atoms with Crippen LogP contribution in [0.2, 0.25) is 0 Å². The van der Waals surface area contributed by atoms with E-state index < -0.39 is 60.2 Å². The molecule has 13 nitrogen and oxygen atoms in total. The first-order valence-electron chi connectivity index (χ1n) is 11.6. The zero-order valence-electron chi connectivity index (χ0n) is 19.9. The van der Waals surface area contributed by atoms with E-state index in [9.17, 15) is 29.1 Å². The molecule has 1 aliphatic heterocycles. The Morgan fingerprint density at radius 1 is 1.17 bits per heavy atom. The molecule has 0 aliphatic carbocycles. The summed E-state index contributed by atoms with van der Waals surface area (Å²) in [6.45, 7) is 3.90. The molecule has 1 aromatic rings. The predicted octanol–water partition coefficient (Wildman–Crippen LogP) is -0.764. The van der Waals surface area contributed by atoms with Crippen molar-refractivity contribution in [2.24, 2.45) is 11.7 Å². The number of carboxylic acid groups (broad SMARTS) is 2. The van der Waals surface area contributed by atoms with E-state index in [1.54, 1.807) is 0 Å². The molecule has 0 aromatic carbocycles. The molecule has 1 aliphatic rings.